The summed E-state index contributed by atoms with van der Waals surface area (Å²) >= 11 is 1.70. The fraction of sp³-hybridized carbons (Fsp3) is 0.0833. The van der Waals surface area contributed by atoms with E-state index in [2.05, 4.69) is 24.2 Å². The number of nitrogens with zero attached hydrogens (tertiary/aromatic N) is 1. The van der Waals surface area contributed by atoms with E-state index >= 15 is 0 Å². The minimum atomic E-state index is 0.855. The van der Waals surface area contributed by atoms with Gasteiger partial charge in [-0.1, -0.05) is 30.3 Å². The van der Waals surface area contributed by atoms with Crippen LogP contribution >= 0.6 is 11.3 Å². The van der Waals surface area contributed by atoms with Crippen molar-refractivity contribution < 1.29 is 0 Å². The lowest BCUT2D eigenvalue weighted by Crippen LogP contribution is -2.03. The molecule has 0 fully saturated rings. The Morgan fingerprint density at radius 3 is 2.40 bits per heavy atom. The molecule has 0 radical (unpaired) electrons. The molecular weight excluding hydrogens is 204 g/mol. The highest BCUT2D eigenvalue weighted by atomic mass is 32.1. The molecule has 15 heavy (non-hydrogen) atoms. The minimum Gasteiger partial charge on any atom is -0.323 e. The quantitative estimate of drug-likeness (QED) is 0.468. The molecule has 0 bridgehead atoms. The zero-order chi connectivity index (χ0) is 10.7. The van der Waals surface area contributed by atoms with Gasteiger partial charge >= 0.3 is 0 Å². The second-order valence-corrected chi connectivity index (χ2v) is 4.54. The van der Waals surface area contributed by atoms with E-state index in [9.17, 15) is 0 Å². The Kier molecular flexibility index (Phi) is 2.83. The average molecular weight is 216 g/mol. The van der Waals surface area contributed by atoms with Crippen LogP contribution in [0.15, 0.2) is 47.6 Å². The van der Waals surface area contributed by atoms with Crippen LogP contribution in [0.25, 0.3) is 0 Å². The van der Waals surface area contributed by atoms with Crippen LogP contribution in [0.4, 0.5) is 0 Å². The number of aryl methyl sites for hydroxylation is 1. The number of benzene rings is 1. The summed E-state index contributed by atoms with van der Waals surface area (Å²) in [5.41, 5.74) is 1.91. The molecule has 1 aromatic carbocycles. The molecule has 0 amide bonds. The first kappa shape index (κ1) is 9.93. The van der Waals surface area contributed by atoms with Crippen LogP contribution in [0, 0.1) is 6.92 Å². The van der Waals surface area contributed by atoms with Gasteiger partial charge in [-0.3, -0.25) is 0 Å². The van der Waals surface area contributed by atoms with Crippen molar-refractivity contribution in [1.29, 1.82) is 0 Å². The first-order valence-electron chi connectivity index (χ1n) is 4.71. The van der Waals surface area contributed by atoms with Gasteiger partial charge in [-0.2, -0.15) is 5.10 Å². The van der Waals surface area contributed by atoms with Gasteiger partial charge in [0.15, 0.2) is 0 Å². The van der Waals surface area contributed by atoms with Crippen molar-refractivity contribution in [1.82, 2.24) is 0 Å². The van der Waals surface area contributed by atoms with E-state index in [4.69, 9.17) is 5.84 Å². The molecule has 0 atom stereocenters. The van der Waals surface area contributed by atoms with Gasteiger partial charge in [-0.05, 0) is 19.1 Å². The zero-order valence-corrected chi connectivity index (χ0v) is 9.29. The molecule has 0 saturated carbocycles. The lowest BCUT2D eigenvalue weighted by atomic mass is 10.1. The number of hydrazone groups is 1. The highest BCUT2D eigenvalue weighted by molar-refractivity contribution is 7.14. The highest BCUT2D eigenvalue weighted by Crippen LogP contribution is 2.19. The van der Waals surface area contributed by atoms with Crippen molar-refractivity contribution in [3.63, 3.8) is 0 Å². The van der Waals surface area contributed by atoms with E-state index in [1.54, 1.807) is 11.3 Å². The predicted octanol–water partition coefficient (Wildman–Crippen LogP) is 2.77. The second-order valence-electron chi connectivity index (χ2n) is 3.25. The van der Waals surface area contributed by atoms with E-state index in [0.29, 0.717) is 0 Å². The van der Waals surface area contributed by atoms with Gasteiger partial charge in [0.05, 0.1) is 4.88 Å². The summed E-state index contributed by atoms with van der Waals surface area (Å²) in [6.45, 7) is 2.08. The van der Waals surface area contributed by atoms with Crippen LogP contribution in [0.1, 0.15) is 15.3 Å². The number of hydrogen-bond acceptors (Lipinski definition) is 3. The Balaban J connectivity index is 2.43. The largest absolute Gasteiger partial charge is 0.323 e. The van der Waals surface area contributed by atoms with Crippen LogP contribution in [0.3, 0.4) is 0 Å². The van der Waals surface area contributed by atoms with Gasteiger partial charge in [0.2, 0.25) is 0 Å². The standard InChI is InChI=1S/C12H12N2S/c1-9-7-8-11(15-9)12(14-13)10-5-3-2-4-6-10/h2-8H,13H2,1H3/b14-12-. The summed E-state index contributed by atoms with van der Waals surface area (Å²) in [6.07, 6.45) is 0. The summed E-state index contributed by atoms with van der Waals surface area (Å²) in [4.78, 5) is 2.38. The van der Waals surface area contributed by atoms with Crippen LogP contribution in [0.5, 0.6) is 0 Å². The summed E-state index contributed by atoms with van der Waals surface area (Å²) < 4.78 is 0. The first-order valence-corrected chi connectivity index (χ1v) is 5.53. The number of thiophene rings is 1. The third kappa shape index (κ3) is 2.07. The number of nitrogens with two attached hydrogens (primary N) is 1. The maximum absolute atomic E-state index is 5.44. The third-order valence-electron chi connectivity index (χ3n) is 2.15. The maximum atomic E-state index is 5.44. The number of rotatable bonds is 2. The molecule has 0 unspecified atom stereocenters. The smallest absolute Gasteiger partial charge is 0.107 e. The van der Waals surface area contributed by atoms with E-state index in [0.717, 1.165) is 16.2 Å². The van der Waals surface area contributed by atoms with Gasteiger partial charge in [0.1, 0.15) is 5.71 Å². The van der Waals surface area contributed by atoms with Gasteiger partial charge in [-0.15, -0.1) is 11.3 Å². The molecule has 0 aliphatic rings. The molecule has 2 nitrogen and oxygen atoms in total. The van der Waals surface area contributed by atoms with Crippen molar-refractivity contribution in [2.24, 2.45) is 10.9 Å². The van der Waals surface area contributed by atoms with Gasteiger partial charge < -0.3 is 5.84 Å². The van der Waals surface area contributed by atoms with Crippen LogP contribution in [0.2, 0.25) is 0 Å². The van der Waals surface area contributed by atoms with E-state index in [1.165, 1.54) is 4.88 Å². The van der Waals surface area contributed by atoms with Crippen molar-refractivity contribution in [3.05, 3.63) is 57.8 Å². The molecule has 76 valence electrons. The summed E-state index contributed by atoms with van der Waals surface area (Å²) in [5, 5.41) is 3.87. The van der Waals surface area contributed by atoms with Gasteiger partial charge in [-0.25, -0.2) is 0 Å². The molecule has 2 aromatic rings. The molecule has 0 spiro atoms. The Bertz CT molecular complexity index is 471. The molecule has 3 heteroatoms. The summed E-state index contributed by atoms with van der Waals surface area (Å²) in [7, 11) is 0. The molecule has 0 saturated heterocycles. The first-order chi connectivity index (χ1) is 7.31. The average Bonchev–Trinajstić information content (AvgIpc) is 2.68. The van der Waals surface area contributed by atoms with Crippen LogP contribution < -0.4 is 5.84 Å². The molecular formula is C12H12N2S. The molecule has 2 N–H and O–H groups in total. The SMILES string of the molecule is Cc1ccc(/C(=N\N)c2ccccc2)s1. The Labute approximate surface area is 93.1 Å². The van der Waals surface area contributed by atoms with E-state index in [1.807, 2.05) is 30.3 Å². The monoisotopic (exact) mass is 216 g/mol. The topological polar surface area (TPSA) is 38.4 Å². The predicted molar refractivity (Wildman–Crippen MR) is 65.3 cm³/mol. The highest BCUT2D eigenvalue weighted by Gasteiger charge is 2.07. The third-order valence-corrected chi connectivity index (χ3v) is 3.16. The van der Waals surface area contributed by atoms with Crippen LogP contribution in [-0.2, 0) is 0 Å². The zero-order valence-electron chi connectivity index (χ0n) is 8.47. The maximum Gasteiger partial charge on any atom is 0.107 e. The van der Waals surface area contributed by atoms with E-state index < -0.39 is 0 Å². The summed E-state index contributed by atoms with van der Waals surface area (Å²) in [5.74, 6) is 5.44. The van der Waals surface area contributed by atoms with Gasteiger partial charge in [0, 0.05) is 10.4 Å². The number of hydrogen-bond donors (Lipinski definition) is 1. The molecule has 1 aromatic heterocycles. The Hall–Kier alpha value is -1.61. The summed E-state index contributed by atoms with van der Waals surface area (Å²) in [6, 6.07) is 14.1. The normalized spacial score (nSPS) is 11.7. The fourth-order valence-corrected chi connectivity index (χ4v) is 2.32. The van der Waals surface area contributed by atoms with Crippen molar-refractivity contribution in [3.8, 4) is 0 Å². The van der Waals surface area contributed by atoms with Crippen LogP contribution in [-0.4, -0.2) is 5.71 Å². The fourth-order valence-electron chi connectivity index (χ4n) is 1.44. The molecule has 2 rings (SSSR count). The molecule has 0 aliphatic carbocycles. The van der Waals surface area contributed by atoms with Crippen molar-refractivity contribution in [2.75, 3.05) is 0 Å². The van der Waals surface area contributed by atoms with E-state index in [-0.39, 0.29) is 0 Å². The second kappa shape index (κ2) is 4.28. The lowest BCUT2D eigenvalue weighted by Gasteiger charge is -2.01. The van der Waals surface area contributed by atoms with Crippen molar-refractivity contribution in [2.45, 2.75) is 6.92 Å². The minimum absolute atomic E-state index is 0.855. The Morgan fingerprint density at radius 1 is 1.13 bits per heavy atom. The lowest BCUT2D eigenvalue weighted by molar-refractivity contribution is 1.25. The molecule has 1 heterocycles. The Morgan fingerprint density at radius 2 is 1.87 bits per heavy atom. The molecule has 0 aliphatic heterocycles. The van der Waals surface area contributed by atoms with Gasteiger partial charge in [0.25, 0.3) is 0 Å². The van der Waals surface area contributed by atoms with Crippen molar-refractivity contribution >= 4 is 17.0 Å².